The van der Waals surface area contributed by atoms with Crippen LogP contribution in [0.2, 0.25) is 0 Å². The molecule has 0 N–H and O–H groups in total. The molecule has 2 nitrogen and oxygen atoms in total. The molecule has 0 unspecified atom stereocenters. The Kier molecular flexibility index (Phi) is 5.75. The lowest BCUT2D eigenvalue weighted by Crippen LogP contribution is -1.95. The number of rotatable bonds is 6. The van der Waals surface area contributed by atoms with Gasteiger partial charge < -0.3 is 9.47 Å². The Hall–Kier alpha value is -3.00. The molecule has 3 aromatic rings. The van der Waals surface area contributed by atoms with Crippen molar-refractivity contribution in [1.82, 2.24) is 0 Å². The van der Waals surface area contributed by atoms with Crippen molar-refractivity contribution in [3.8, 4) is 11.5 Å². The van der Waals surface area contributed by atoms with E-state index in [-0.39, 0.29) is 0 Å². The largest absolute Gasteiger partial charge is 0.497 e. The van der Waals surface area contributed by atoms with Gasteiger partial charge in [0.25, 0.3) is 0 Å². The summed E-state index contributed by atoms with van der Waals surface area (Å²) < 4.78 is 10.6. The number of allylic oxidation sites excluding steroid dienone is 1. The van der Waals surface area contributed by atoms with Gasteiger partial charge in [-0.15, -0.1) is 0 Å². The molecule has 132 valence electrons. The minimum absolute atomic E-state index is 0.864. The third-order valence-electron chi connectivity index (χ3n) is 4.53. The van der Waals surface area contributed by atoms with Crippen LogP contribution in [0.3, 0.4) is 0 Å². The fourth-order valence-electron chi connectivity index (χ4n) is 3.20. The number of methoxy groups -OCH3 is 2. The van der Waals surface area contributed by atoms with Crippen molar-refractivity contribution < 1.29 is 9.47 Å². The number of ether oxygens (including phenoxy) is 2. The first kappa shape index (κ1) is 17.8. The van der Waals surface area contributed by atoms with Gasteiger partial charge in [-0.3, -0.25) is 0 Å². The molecular weight excluding hydrogens is 320 g/mol. The zero-order valence-corrected chi connectivity index (χ0v) is 15.5. The predicted octanol–water partition coefficient (Wildman–Crippen LogP) is 6.07. The summed E-state index contributed by atoms with van der Waals surface area (Å²) in [5, 5.41) is 0. The van der Waals surface area contributed by atoms with Gasteiger partial charge in [0.2, 0.25) is 0 Å². The van der Waals surface area contributed by atoms with Crippen molar-refractivity contribution in [3.05, 3.63) is 95.6 Å². The fraction of sp³-hybridized carbons (Fsp3) is 0.167. The highest BCUT2D eigenvalue weighted by atomic mass is 16.5. The Balaban J connectivity index is 2.19. The first-order chi connectivity index (χ1) is 12.8. The molecule has 0 aromatic heterocycles. The Morgan fingerprint density at radius 3 is 1.54 bits per heavy atom. The summed E-state index contributed by atoms with van der Waals surface area (Å²) in [6.45, 7) is 2.20. The molecule has 3 rings (SSSR count). The van der Waals surface area contributed by atoms with Crippen LogP contribution in [-0.2, 0) is 0 Å². The standard InChI is InChI=1S/C24H24O2/c1-4-23(18-10-14-21(25-2)15-11-18)24(19-8-6-5-7-9-19)20-12-16-22(26-3)17-13-20/h5-17H,4H2,1-3H3/b24-23-. The van der Waals surface area contributed by atoms with Crippen molar-refractivity contribution in [1.29, 1.82) is 0 Å². The summed E-state index contributed by atoms with van der Waals surface area (Å²) >= 11 is 0. The van der Waals surface area contributed by atoms with Crippen LogP contribution in [0.4, 0.5) is 0 Å². The van der Waals surface area contributed by atoms with E-state index in [9.17, 15) is 0 Å². The molecule has 0 fully saturated rings. The predicted molar refractivity (Wildman–Crippen MR) is 109 cm³/mol. The maximum Gasteiger partial charge on any atom is 0.118 e. The van der Waals surface area contributed by atoms with E-state index >= 15 is 0 Å². The van der Waals surface area contributed by atoms with Crippen LogP contribution in [0, 0.1) is 0 Å². The van der Waals surface area contributed by atoms with Crippen molar-refractivity contribution in [3.63, 3.8) is 0 Å². The number of hydrogen-bond acceptors (Lipinski definition) is 2. The van der Waals surface area contributed by atoms with Gasteiger partial charge in [-0.05, 0) is 58.5 Å². The highest BCUT2D eigenvalue weighted by Gasteiger charge is 2.13. The molecule has 0 heterocycles. The second-order valence-electron chi connectivity index (χ2n) is 6.03. The fourth-order valence-corrected chi connectivity index (χ4v) is 3.20. The normalized spacial score (nSPS) is 11.7. The van der Waals surface area contributed by atoms with Crippen LogP contribution in [0.5, 0.6) is 11.5 Å². The Bertz CT molecular complexity index is 860. The van der Waals surface area contributed by atoms with E-state index in [1.54, 1.807) is 14.2 Å². The summed E-state index contributed by atoms with van der Waals surface area (Å²) in [5.74, 6) is 1.73. The molecule has 0 saturated carbocycles. The van der Waals surface area contributed by atoms with Crippen molar-refractivity contribution >= 4 is 11.1 Å². The second kappa shape index (κ2) is 8.39. The zero-order valence-electron chi connectivity index (χ0n) is 15.5. The lowest BCUT2D eigenvalue weighted by molar-refractivity contribution is 0.414. The van der Waals surface area contributed by atoms with E-state index in [0.717, 1.165) is 17.9 Å². The molecule has 2 heteroatoms. The van der Waals surface area contributed by atoms with Gasteiger partial charge in [-0.25, -0.2) is 0 Å². The van der Waals surface area contributed by atoms with Gasteiger partial charge in [0.1, 0.15) is 11.5 Å². The summed E-state index contributed by atoms with van der Waals surface area (Å²) in [6.07, 6.45) is 0.933. The molecule has 0 aliphatic rings. The number of benzene rings is 3. The monoisotopic (exact) mass is 344 g/mol. The van der Waals surface area contributed by atoms with Gasteiger partial charge in [0.15, 0.2) is 0 Å². The molecular formula is C24H24O2. The molecule has 0 spiro atoms. The van der Waals surface area contributed by atoms with Crippen molar-refractivity contribution in [2.75, 3.05) is 14.2 Å². The van der Waals surface area contributed by atoms with Gasteiger partial charge in [0, 0.05) is 0 Å². The third kappa shape index (κ3) is 3.80. The first-order valence-electron chi connectivity index (χ1n) is 8.84. The lowest BCUT2D eigenvalue weighted by Gasteiger charge is -2.17. The summed E-state index contributed by atoms with van der Waals surface area (Å²) in [5.41, 5.74) is 6.17. The molecule has 0 aliphatic heterocycles. The molecule has 0 radical (unpaired) electrons. The average Bonchev–Trinajstić information content (AvgIpc) is 2.73. The Labute approximate surface area is 155 Å². The van der Waals surface area contributed by atoms with Crippen LogP contribution >= 0.6 is 0 Å². The molecule has 26 heavy (non-hydrogen) atoms. The third-order valence-corrected chi connectivity index (χ3v) is 4.53. The van der Waals surface area contributed by atoms with Crippen molar-refractivity contribution in [2.24, 2.45) is 0 Å². The van der Waals surface area contributed by atoms with Crippen LogP contribution in [0.15, 0.2) is 78.9 Å². The van der Waals surface area contributed by atoms with Crippen molar-refractivity contribution in [2.45, 2.75) is 13.3 Å². The van der Waals surface area contributed by atoms with E-state index in [1.807, 2.05) is 30.3 Å². The SMILES string of the molecule is CC/C(=C(\c1ccccc1)c1ccc(OC)cc1)c1ccc(OC)cc1. The first-order valence-corrected chi connectivity index (χ1v) is 8.84. The topological polar surface area (TPSA) is 18.5 Å². The van der Waals surface area contributed by atoms with Crippen LogP contribution in [0.25, 0.3) is 11.1 Å². The molecule has 0 atom stereocenters. The van der Waals surface area contributed by atoms with Gasteiger partial charge >= 0.3 is 0 Å². The minimum Gasteiger partial charge on any atom is -0.497 e. The second-order valence-corrected chi connectivity index (χ2v) is 6.03. The summed E-state index contributed by atoms with van der Waals surface area (Å²) in [6, 6.07) is 27.1. The van der Waals surface area contributed by atoms with E-state index in [2.05, 4.69) is 55.5 Å². The Morgan fingerprint density at radius 2 is 1.08 bits per heavy atom. The van der Waals surface area contributed by atoms with E-state index < -0.39 is 0 Å². The smallest absolute Gasteiger partial charge is 0.118 e. The molecule has 0 aliphatic carbocycles. The summed E-state index contributed by atoms with van der Waals surface area (Å²) in [4.78, 5) is 0. The van der Waals surface area contributed by atoms with E-state index in [0.29, 0.717) is 0 Å². The molecule has 0 amide bonds. The average molecular weight is 344 g/mol. The Morgan fingerprint density at radius 1 is 0.615 bits per heavy atom. The van der Waals surface area contributed by atoms with Gasteiger partial charge in [0.05, 0.1) is 14.2 Å². The maximum atomic E-state index is 5.32. The quantitative estimate of drug-likeness (QED) is 0.505. The van der Waals surface area contributed by atoms with Crippen LogP contribution in [0.1, 0.15) is 30.0 Å². The minimum atomic E-state index is 0.864. The number of hydrogen-bond donors (Lipinski definition) is 0. The van der Waals surface area contributed by atoms with Crippen LogP contribution < -0.4 is 9.47 Å². The van der Waals surface area contributed by atoms with E-state index in [1.165, 1.54) is 27.8 Å². The molecule has 0 saturated heterocycles. The van der Waals surface area contributed by atoms with Crippen LogP contribution in [-0.4, -0.2) is 14.2 Å². The highest BCUT2D eigenvalue weighted by molar-refractivity contribution is 5.98. The summed E-state index contributed by atoms with van der Waals surface area (Å²) in [7, 11) is 3.39. The molecule has 0 bridgehead atoms. The van der Waals surface area contributed by atoms with Gasteiger partial charge in [-0.1, -0.05) is 61.5 Å². The molecule has 3 aromatic carbocycles. The maximum absolute atomic E-state index is 5.32. The highest BCUT2D eigenvalue weighted by Crippen LogP contribution is 2.35. The lowest BCUT2D eigenvalue weighted by atomic mass is 9.88. The zero-order chi connectivity index (χ0) is 18.4. The van der Waals surface area contributed by atoms with E-state index in [4.69, 9.17) is 9.47 Å². The van der Waals surface area contributed by atoms with Gasteiger partial charge in [-0.2, -0.15) is 0 Å².